The van der Waals surface area contributed by atoms with E-state index in [1.54, 1.807) is 12.5 Å². The standard InChI is InChI=1S/C16H20N4O2/c1-16(2)8-11(7-13(21)22-3)20(9-16)15-14-12(18-10-19-15)5-4-6-17-14/h4-6,10-11H,7-9H2,1-3H3. The minimum Gasteiger partial charge on any atom is -0.469 e. The van der Waals surface area contributed by atoms with Crippen molar-refractivity contribution < 1.29 is 9.53 Å². The fraction of sp³-hybridized carbons (Fsp3) is 0.500. The Morgan fingerprint density at radius 1 is 1.41 bits per heavy atom. The number of ether oxygens (including phenoxy) is 1. The molecule has 2 aromatic heterocycles. The van der Waals surface area contributed by atoms with E-state index in [2.05, 4.69) is 33.7 Å². The molecular weight excluding hydrogens is 280 g/mol. The van der Waals surface area contributed by atoms with Crippen LogP contribution in [0.5, 0.6) is 0 Å². The molecule has 0 saturated carbocycles. The molecule has 3 rings (SSSR count). The van der Waals surface area contributed by atoms with E-state index in [0.717, 1.165) is 29.8 Å². The topological polar surface area (TPSA) is 68.2 Å². The van der Waals surface area contributed by atoms with Gasteiger partial charge in [0.2, 0.25) is 0 Å². The molecule has 0 spiro atoms. The summed E-state index contributed by atoms with van der Waals surface area (Å²) in [6.45, 7) is 5.24. The lowest BCUT2D eigenvalue weighted by molar-refractivity contribution is -0.141. The van der Waals surface area contributed by atoms with Crippen LogP contribution in [0.2, 0.25) is 0 Å². The van der Waals surface area contributed by atoms with E-state index in [4.69, 9.17) is 4.74 Å². The van der Waals surface area contributed by atoms with Crippen molar-refractivity contribution >= 4 is 22.8 Å². The Hall–Kier alpha value is -2.24. The first-order chi connectivity index (χ1) is 10.5. The predicted molar refractivity (Wildman–Crippen MR) is 83.5 cm³/mol. The highest BCUT2D eigenvalue weighted by Crippen LogP contribution is 2.39. The van der Waals surface area contributed by atoms with Crippen LogP contribution < -0.4 is 4.90 Å². The van der Waals surface area contributed by atoms with Crippen LogP contribution in [0.3, 0.4) is 0 Å². The number of hydrogen-bond acceptors (Lipinski definition) is 6. The molecule has 1 fully saturated rings. The minimum absolute atomic E-state index is 0.0718. The molecular formula is C16H20N4O2. The Labute approximate surface area is 129 Å². The Morgan fingerprint density at radius 2 is 2.23 bits per heavy atom. The second kappa shape index (κ2) is 5.51. The molecule has 6 heteroatoms. The summed E-state index contributed by atoms with van der Waals surface area (Å²) < 4.78 is 4.84. The van der Waals surface area contributed by atoms with Crippen molar-refractivity contribution in [3.63, 3.8) is 0 Å². The smallest absolute Gasteiger partial charge is 0.307 e. The van der Waals surface area contributed by atoms with Crippen LogP contribution in [-0.2, 0) is 9.53 Å². The number of hydrogen-bond donors (Lipinski definition) is 0. The number of aromatic nitrogens is 3. The highest BCUT2D eigenvalue weighted by atomic mass is 16.5. The van der Waals surface area contributed by atoms with Crippen LogP contribution in [0.4, 0.5) is 5.82 Å². The second-order valence-electron chi connectivity index (χ2n) is 6.50. The third-order valence-electron chi connectivity index (χ3n) is 4.10. The largest absolute Gasteiger partial charge is 0.469 e. The van der Waals surface area contributed by atoms with E-state index in [-0.39, 0.29) is 17.4 Å². The lowest BCUT2D eigenvalue weighted by Gasteiger charge is -2.25. The first-order valence-corrected chi connectivity index (χ1v) is 7.39. The van der Waals surface area contributed by atoms with Gasteiger partial charge in [0.05, 0.1) is 19.0 Å². The van der Waals surface area contributed by atoms with Crippen molar-refractivity contribution in [2.45, 2.75) is 32.7 Å². The zero-order valence-electron chi connectivity index (χ0n) is 13.1. The Morgan fingerprint density at radius 3 is 3.00 bits per heavy atom. The molecule has 22 heavy (non-hydrogen) atoms. The molecule has 1 aliphatic heterocycles. The minimum atomic E-state index is -0.195. The van der Waals surface area contributed by atoms with Gasteiger partial charge >= 0.3 is 5.97 Å². The number of carbonyl (C=O) groups excluding carboxylic acids is 1. The zero-order chi connectivity index (χ0) is 15.7. The van der Waals surface area contributed by atoms with Crippen LogP contribution in [0.1, 0.15) is 26.7 Å². The molecule has 0 amide bonds. The van der Waals surface area contributed by atoms with Gasteiger partial charge in [0.25, 0.3) is 0 Å². The van der Waals surface area contributed by atoms with Crippen LogP contribution in [0.25, 0.3) is 11.0 Å². The van der Waals surface area contributed by atoms with Gasteiger partial charge in [0.15, 0.2) is 5.82 Å². The van der Waals surface area contributed by atoms with Crippen molar-refractivity contribution in [3.8, 4) is 0 Å². The average molecular weight is 300 g/mol. The molecule has 1 aliphatic rings. The molecule has 0 bridgehead atoms. The number of carbonyl (C=O) groups is 1. The molecule has 116 valence electrons. The molecule has 0 aliphatic carbocycles. The quantitative estimate of drug-likeness (QED) is 0.809. The van der Waals surface area contributed by atoms with Crippen LogP contribution in [-0.4, -0.2) is 40.6 Å². The van der Waals surface area contributed by atoms with Gasteiger partial charge in [-0.15, -0.1) is 0 Å². The van der Waals surface area contributed by atoms with E-state index < -0.39 is 0 Å². The van der Waals surface area contributed by atoms with Crippen molar-refractivity contribution in [3.05, 3.63) is 24.7 Å². The van der Waals surface area contributed by atoms with Crippen LogP contribution in [0.15, 0.2) is 24.7 Å². The number of esters is 1. The molecule has 1 saturated heterocycles. The van der Waals surface area contributed by atoms with Gasteiger partial charge in [-0.05, 0) is 24.0 Å². The van der Waals surface area contributed by atoms with E-state index in [0.29, 0.717) is 6.42 Å². The Kier molecular flexibility index (Phi) is 3.68. The maximum atomic E-state index is 11.7. The van der Waals surface area contributed by atoms with Crippen LogP contribution >= 0.6 is 0 Å². The van der Waals surface area contributed by atoms with Gasteiger partial charge in [-0.25, -0.2) is 9.97 Å². The summed E-state index contributed by atoms with van der Waals surface area (Å²) in [7, 11) is 1.43. The van der Waals surface area contributed by atoms with E-state index in [9.17, 15) is 4.79 Å². The van der Waals surface area contributed by atoms with Gasteiger partial charge in [-0.2, -0.15) is 0 Å². The van der Waals surface area contributed by atoms with E-state index >= 15 is 0 Å². The molecule has 1 unspecified atom stereocenters. The van der Waals surface area contributed by atoms with Gasteiger partial charge < -0.3 is 9.64 Å². The summed E-state index contributed by atoms with van der Waals surface area (Å²) in [5, 5.41) is 0. The van der Waals surface area contributed by atoms with Gasteiger partial charge in [0.1, 0.15) is 11.8 Å². The fourth-order valence-corrected chi connectivity index (χ4v) is 3.20. The van der Waals surface area contributed by atoms with Crippen molar-refractivity contribution in [1.82, 2.24) is 15.0 Å². The SMILES string of the molecule is COC(=O)CC1CC(C)(C)CN1c1ncnc2cccnc12. The molecule has 0 aromatic carbocycles. The number of methoxy groups -OCH3 is 1. The molecule has 2 aromatic rings. The average Bonchev–Trinajstić information content (AvgIpc) is 2.81. The number of pyridine rings is 1. The number of rotatable bonds is 3. The van der Waals surface area contributed by atoms with Gasteiger partial charge in [-0.3, -0.25) is 9.78 Å². The monoisotopic (exact) mass is 300 g/mol. The fourth-order valence-electron chi connectivity index (χ4n) is 3.20. The third-order valence-corrected chi connectivity index (χ3v) is 4.10. The summed E-state index contributed by atoms with van der Waals surface area (Å²) in [4.78, 5) is 27.0. The summed E-state index contributed by atoms with van der Waals surface area (Å²) in [6, 6.07) is 3.85. The molecule has 6 nitrogen and oxygen atoms in total. The Balaban J connectivity index is 2.01. The third kappa shape index (κ3) is 2.73. The predicted octanol–water partition coefficient (Wildman–Crippen LogP) is 2.19. The highest BCUT2D eigenvalue weighted by molar-refractivity contribution is 5.85. The van der Waals surface area contributed by atoms with Crippen molar-refractivity contribution in [1.29, 1.82) is 0 Å². The highest BCUT2D eigenvalue weighted by Gasteiger charge is 2.40. The normalized spacial score (nSPS) is 20.3. The molecule has 0 N–H and O–H groups in total. The second-order valence-corrected chi connectivity index (χ2v) is 6.50. The van der Waals surface area contributed by atoms with Crippen LogP contribution in [0, 0.1) is 5.41 Å². The lowest BCUT2D eigenvalue weighted by atomic mass is 9.90. The number of anilines is 1. The first kappa shape index (κ1) is 14.7. The van der Waals surface area contributed by atoms with E-state index in [1.807, 2.05) is 12.1 Å². The molecule has 1 atom stereocenters. The van der Waals surface area contributed by atoms with Gasteiger partial charge in [0, 0.05) is 18.8 Å². The zero-order valence-corrected chi connectivity index (χ0v) is 13.1. The molecule has 3 heterocycles. The van der Waals surface area contributed by atoms with Crippen molar-refractivity contribution in [2.75, 3.05) is 18.6 Å². The maximum Gasteiger partial charge on any atom is 0.307 e. The maximum absolute atomic E-state index is 11.7. The first-order valence-electron chi connectivity index (χ1n) is 7.39. The molecule has 0 radical (unpaired) electrons. The lowest BCUT2D eigenvalue weighted by Crippen LogP contribution is -2.33. The summed E-state index contributed by atoms with van der Waals surface area (Å²) >= 11 is 0. The van der Waals surface area contributed by atoms with E-state index in [1.165, 1.54) is 7.11 Å². The Bertz CT molecular complexity index is 696. The summed E-state index contributed by atoms with van der Waals surface area (Å²) in [5.74, 6) is 0.601. The summed E-state index contributed by atoms with van der Waals surface area (Å²) in [6.07, 6.45) is 4.57. The number of nitrogens with zero attached hydrogens (tertiary/aromatic N) is 4. The van der Waals surface area contributed by atoms with Gasteiger partial charge in [-0.1, -0.05) is 13.8 Å². The van der Waals surface area contributed by atoms with Crippen molar-refractivity contribution in [2.24, 2.45) is 5.41 Å². The number of fused-ring (bicyclic) bond motifs is 1. The summed E-state index contributed by atoms with van der Waals surface area (Å²) in [5.41, 5.74) is 1.71.